The van der Waals surface area contributed by atoms with Crippen LogP contribution in [-0.4, -0.2) is 35.4 Å². The highest BCUT2D eigenvalue weighted by atomic mass is 32.1. The van der Waals surface area contributed by atoms with Gasteiger partial charge in [0, 0.05) is 19.2 Å². The number of hydrogen-bond acceptors (Lipinski definition) is 5. The van der Waals surface area contributed by atoms with Gasteiger partial charge in [-0.15, -0.1) is 11.3 Å². The van der Waals surface area contributed by atoms with Crippen LogP contribution >= 0.6 is 11.3 Å². The lowest BCUT2D eigenvalue weighted by Crippen LogP contribution is -2.29. The van der Waals surface area contributed by atoms with Crippen molar-refractivity contribution in [2.45, 2.75) is 13.3 Å². The first-order chi connectivity index (χ1) is 8.52. The third-order valence-corrected chi connectivity index (χ3v) is 4.23. The van der Waals surface area contributed by atoms with Gasteiger partial charge in [0.15, 0.2) is 0 Å². The van der Waals surface area contributed by atoms with Crippen LogP contribution in [0.5, 0.6) is 0 Å². The van der Waals surface area contributed by atoms with Gasteiger partial charge in [-0.05, 0) is 25.8 Å². The Morgan fingerprint density at radius 1 is 1.72 bits per heavy atom. The molecule has 1 aromatic heterocycles. The number of nitrogens with zero attached hydrogens (tertiary/aromatic N) is 2. The smallest absolute Gasteiger partial charge is 0.283 e. The van der Waals surface area contributed by atoms with Crippen molar-refractivity contribution >= 4 is 22.9 Å². The monoisotopic (exact) mass is 269 g/mol. The summed E-state index contributed by atoms with van der Waals surface area (Å²) in [4.78, 5) is 25.2. The van der Waals surface area contributed by atoms with E-state index in [9.17, 15) is 14.9 Å². The van der Waals surface area contributed by atoms with Crippen molar-refractivity contribution in [1.29, 1.82) is 0 Å². The van der Waals surface area contributed by atoms with E-state index in [1.165, 1.54) is 17.4 Å². The Hall–Kier alpha value is -1.47. The summed E-state index contributed by atoms with van der Waals surface area (Å²) >= 11 is 1.18. The lowest BCUT2D eigenvalue weighted by atomic mass is 10.1. The summed E-state index contributed by atoms with van der Waals surface area (Å²) in [5.74, 6) is 0.233. The molecule has 7 heteroatoms. The topological polar surface area (TPSA) is 89.5 Å². The summed E-state index contributed by atoms with van der Waals surface area (Å²) in [7, 11) is 0. The summed E-state index contributed by atoms with van der Waals surface area (Å²) in [5, 5.41) is 10.7. The van der Waals surface area contributed by atoms with Gasteiger partial charge < -0.3 is 10.6 Å². The second-order valence-electron chi connectivity index (χ2n) is 4.45. The highest BCUT2D eigenvalue weighted by Gasteiger charge is 2.28. The van der Waals surface area contributed by atoms with E-state index in [0.29, 0.717) is 35.3 Å². The van der Waals surface area contributed by atoms with Gasteiger partial charge in [-0.3, -0.25) is 14.9 Å². The lowest BCUT2D eigenvalue weighted by molar-refractivity contribution is -0.385. The van der Waals surface area contributed by atoms with Crippen molar-refractivity contribution in [3.63, 3.8) is 0 Å². The molecule has 0 aromatic carbocycles. The summed E-state index contributed by atoms with van der Waals surface area (Å²) < 4.78 is 0. The molecule has 1 aromatic rings. The fourth-order valence-corrected chi connectivity index (χ4v) is 3.08. The van der Waals surface area contributed by atoms with E-state index < -0.39 is 4.92 Å². The van der Waals surface area contributed by atoms with Crippen LogP contribution in [0.3, 0.4) is 0 Å². The van der Waals surface area contributed by atoms with Gasteiger partial charge in [0.25, 0.3) is 11.6 Å². The second-order valence-corrected chi connectivity index (χ2v) is 5.71. The van der Waals surface area contributed by atoms with Gasteiger partial charge in [0.05, 0.1) is 14.7 Å². The number of aryl methyl sites for hydroxylation is 1. The van der Waals surface area contributed by atoms with Crippen LogP contribution in [0.15, 0.2) is 6.07 Å². The number of carbonyl (C=O) groups excluding carboxylic acids is 1. The number of nitrogens with two attached hydrogens (primary N) is 1. The average Bonchev–Trinajstić information content (AvgIpc) is 2.94. The third kappa shape index (κ3) is 2.37. The van der Waals surface area contributed by atoms with Gasteiger partial charge in [-0.25, -0.2) is 0 Å². The van der Waals surface area contributed by atoms with Crippen LogP contribution in [0.2, 0.25) is 0 Å². The Morgan fingerprint density at radius 3 is 2.94 bits per heavy atom. The van der Waals surface area contributed by atoms with Crippen molar-refractivity contribution in [2.75, 3.05) is 19.6 Å². The average molecular weight is 269 g/mol. The molecule has 1 fully saturated rings. The normalized spacial score (nSPS) is 19.2. The van der Waals surface area contributed by atoms with E-state index in [0.717, 1.165) is 6.42 Å². The minimum atomic E-state index is -0.449. The zero-order chi connectivity index (χ0) is 13.3. The van der Waals surface area contributed by atoms with Crippen LogP contribution in [-0.2, 0) is 0 Å². The van der Waals surface area contributed by atoms with E-state index in [-0.39, 0.29) is 11.6 Å². The Kier molecular flexibility index (Phi) is 3.63. The molecule has 2 heterocycles. The Balaban J connectivity index is 2.15. The minimum absolute atomic E-state index is 0.0259. The maximum Gasteiger partial charge on any atom is 0.283 e. The predicted octanol–water partition coefficient (Wildman–Crippen LogP) is 1.39. The number of carbonyl (C=O) groups is 1. The number of nitro groups is 1. The van der Waals surface area contributed by atoms with Gasteiger partial charge in [-0.2, -0.15) is 0 Å². The van der Waals surface area contributed by atoms with Gasteiger partial charge >= 0.3 is 0 Å². The van der Waals surface area contributed by atoms with E-state index in [2.05, 4.69) is 0 Å². The molecular formula is C11H15N3O3S. The molecule has 6 nitrogen and oxygen atoms in total. The Bertz CT molecular complexity index is 486. The fourth-order valence-electron chi connectivity index (χ4n) is 2.12. The standard InChI is InChI=1S/C11H15N3O3S/c1-7-9(14(16)17)4-10(18-7)11(15)13-3-2-8(5-12)6-13/h4,8H,2-3,5-6,12H2,1H3. The van der Waals surface area contributed by atoms with Crippen LogP contribution < -0.4 is 5.73 Å². The molecule has 1 atom stereocenters. The van der Waals surface area contributed by atoms with Crippen molar-refractivity contribution in [2.24, 2.45) is 11.7 Å². The highest BCUT2D eigenvalue weighted by molar-refractivity contribution is 7.14. The van der Waals surface area contributed by atoms with E-state index in [1.807, 2.05) is 0 Å². The van der Waals surface area contributed by atoms with E-state index in [1.54, 1.807) is 11.8 Å². The molecule has 1 aliphatic heterocycles. The van der Waals surface area contributed by atoms with Crippen LogP contribution in [0.1, 0.15) is 21.0 Å². The lowest BCUT2D eigenvalue weighted by Gasteiger charge is -2.14. The van der Waals surface area contributed by atoms with Crippen molar-refractivity contribution in [1.82, 2.24) is 4.90 Å². The number of thiophene rings is 1. The minimum Gasteiger partial charge on any atom is -0.338 e. The summed E-state index contributed by atoms with van der Waals surface area (Å²) in [5.41, 5.74) is 5.60. The van der Waals surface area contributed by atoms with Crippen LogP contribution in [0.4, 0.5) is 5.69 Å². The fraction of sp³-hybridized carbons (Fsp3) is 0.545. The number of hydrogen-bond donors (Lipinski definition) is 1. The first-order valence-corrected chi connectivity index (χ1v) is 6.58. The van der Waals surface area contributed by atoms with Crippen molar-refractivity contribution < 1.29 is 9.72 Å². The predicted molar refractivity (Wildman–Crippen MR) is 68.8 cm³/mol. The molecule has 18 heavy (non-hydrogen) atoms. The van der Waals surface area contributed by atoms with Crippen LogP contribution in [0, 0.1) is 23.0 Å². The van der Waals surface area contributed by atoms with E-state index in [4.69, 9.17) is 5.73 Å². The number of likely N-dealkylation sites (tertiary alicyclic amines) is 1. The molecule has 0 saturated carbocycles. The summed E-state index contributed by atoms with van der Waals surface area (Å²) in [6.45, 7) is 3.57. The molecule has 1 amide bonds. The second kappa shape index (κ2) is 5.03. The number of rotatable bonds is 3. The Labute approximate surface area is 109 Å². The zero-order valence-corrected chi connectivity index (χ0v) is 10.9. The highest BCUT2D eigenvalue weighted by Crippen LogP contribution is 2.30. The van der Waals surface area contributed by atoms with E-state index >= 15 is 0 Å². The van der Waals surface area contributed by atoms with Gasteiger partial charge in [-0.1, -0.05) is 0 Å². The first kappa shape index (κ1) is 13.0. The van der Waals surface area contributed by atoms with Crippen LogP contribution in [0.25, 0.3) is 0 Å². The molecule has 0 bridgehead atoms. The maximum absolute atomic E-state index is 12.2. The molecule has 98 valence electrons. The maximum atomic E-state index is 12.2. The molecule has 1 aliphatic rings. The largest absolute Gasteiger partial charge is 0.338 e. The molecule has 0 radical (unpaired) electrons. The summed E-state index contributed by atoms with van der Waals surface area (Å²) in [6.07, 6.45) is 0.911. The molecule has 2 N–H and O–H groups in total. The quantitative estimate of drug-likeness (QED) is 0.663. The van der Waals surface area contributed by atoms with Crippen molar-refractivity contribution in [3.8, 4) is 0 Å². The van der Waals surface area contributed by atoms with Gasteiger partial charge in [0.2, 0.25) is 0 Å². The molecular weight excluding hydrogens is 254 g/mol. The SMILES string of the molecule is Cc1sc(C(=O)N2CCC(CN)C2)cc1[N+](=O)[O-]. The number of amides is 1. The van der Waals surface area contributed by atoms with Gasteiger partial charge in [0.1, 0.15) is 0 Å². The summed E-state index contributed by atoms with van der Waals surface area (Å²) in [6, 6.07) is 1.37. The molecule has 0 aliphatic carbocycles. The first-order valence-electron chi connectivity index (χ1n) is 5.77. The Morgan fingerprint density at radius 2 is 2.44 bits per heavy atom. The third-order valence-electron chi connectivity index (χ3n) is 3.21. The van der Waals surface area contributed by atoms with Crippen molar-refractivity contribution in [3.05, 3.63) is 25.9 Å². The zero-order valence-electron chi connectivity index (χ0n) is 10.1. The molecule has 1 saturated heterocycles. The molecule has 0 spiro atoms. The molecule has 2 rings (SSSR count). The molecule has 1 unspecified atom stereocenters.